The zero-order valence-electron chi connectivity index (χ0n) is 13.4. The molecule has 1 aliphatic heterocycles. The highest BCUT2D eigenvalue weighted by Gasteiger charge is 2.25. The van der Waals surface area contributed by atoms with E-state index >= 15 is 0 Å². The highest BCUT2D eigenvalue weighted by Crippen LogP contribution is 2.29. The fourth-order valence-electron chi connectivity index (χ4n) is 2.89. The summed E-state index contributed by atoms with van der Waals surface area (Å²) in [4.78, 5) is 21.0. The molecule has 5 nitrogen and oxygen atoms in total. The van der Waals surface area contributed by atoms with Crippen LogP contribution in [0.25, 0.3) is 11.3 Å². The van der Waals surface area contributed by atoms with Crippen LogP contribution in [0, 0.1) is 0 Å². The third kappa shape index (κ3) is 3.27. The molecule has 0 unspecified atom stereocenters. The van der Waals surface area contributed by atoms with Crippen LogP contribution >= 0.6 is 22.9 Å². The summed E-state index contributed by atoms with van der Waals surface area (Å²) in [6.07, 6.45) is 1.80. The van der Waals surface area contributed by atoms with Gasteiger partial charge in [-0.05, 0) is 24.3 Å². The van der Waals surface area contributed by atoms with Gasteiger partial charge in [-0.2, -0.15) is 0 Å². The van der Waals surface area contributed by atoms with Gasteiger partial charge >= 0.3 is 0 Å². The van der Waals surface area contributed by atoms with E-state index in [2.05, 4.69) is 9.88 Å². The number of amides is 1. The van der Waals surface area contributed by atoms with Gasteiger partial charge in [0.1, 0.15) is 5.76 Å². The first-order valence-electron chi connectivity index (χ1n) is 8.01. The van der Waals surface area contributed by atoms with Crippen molar-refractivity contribution < 1.29 is 9.21 Å². The average Bonchev–Trinajstić information content (AvgIpc) is 3.34. The standard InChI is InChI=1S/C18H16ClN3O2S/c19-14-4-2-1-3-13(14)15-5-6-16(24-15)17(23)21-8-10-22(11-9-21)18-20-7-12-25-18/h1-7,12H,8-11H2. The van der Waals surface area contributed by atoms with Crippen molar-refractivity contribution in [3.63, 3.8) is 0 Å². The van der Waals surface area contributed by atoms with Gasteiger partial charge in [-0.1, -0.05) is 23.7 Å². The fourth-order valence-corrected chi connectivity index (χ4v) is 3.81. The van der Waals surface area contributed by atoms with E-state index in [0.717, 1.165) is 23.8 Å². The lowest BCUT2D eigenvalue weighted by atomic mass is 10.2. The molecule has 1 saturated heterocycles. The molecule has 0 aliphatic carbocycles. The Morgan fingerprint density at radius 2 is 1.92 bits per heavy atom. The number of nitrogens with zero attached hydrogens (tertiary/aromatic N) is 3. The molecule has 0 spiro atoms. The number of hydrogen-bond acceptors (Lipinski definition) is 5. The molecule has 3 aromatic rings. The Balaban J connectivity index is 1.45. The van der Waals surface area contributed by atoms with Crippen molar-refractivity contribution in [2.75, 3.05) is 31.1 Å². The molecule has 0 radical (unpaired) electrons. The highest BCUT2D eigenvalue weighted by atomic mass is 35.5. The van der Waals surface area contributed by atoms with E-state index in [1.165, 1.54) is 0 Å². The molecule has 0 N–H and O–H groups in total. The maximum Gasteiger partial charge on any atom is 0.289 e. The van der Waals surface area contributed by atoms with Crippen molar-refractivity contribution in [2.24, 2.45) is 0 Å². The Bertz CT molecular complexity index is 870. The highest BCUT2D eigenvalue weighted by molar-refractivity contribution is 7.13. The minimum Gasteiger partial charge on any atom is -0.451 e. The fraction of sp³-hybridized carbons (Fsp3) is 0.222. The van der Waals surface area contributed by atoms with Gasteiger partial charge in [-0.3, -0.25) is 4.79 Å². The van der Waals surface area contributed by atoms with Crippen LogP contribution in [0.2, 0.25) is 5.02 Å². The van der Waals surface area contributed by atoms with Crippen LogP contribution in [-0.4, -0.2) is 42.0 Å². The molecule has 4 rings (SSSR count). The lowest BCUT2D eigenvalue weighted by Gasteiger charge is -2.34. The molecular weight excluding hydrogens is 358 g/mol. The van der Waals surface area contributed by atoms with Crippen LogP contribution in [0.3, 0.4) is 0 Å². The van der Waals surface area contributed by atoms with Crippen LogP contribution in [0.4, 0.5) is 5.13 Å². The minimum absolute atomic E-state index is 0.0860. The maximum absolute atomic E-state index is 12.7. The quantitative estimate of drug-likeness (QED) is 0.695. The van der Waals surface area contributed by atoms with Gasteiger partial charge in [0.25, 0.3) is 5.91 Å². The monoisotopic (exact) mass is 373 g/mol. The Morgan fingerprint density at radius 1 is 1.12 bits per heavy atom. The third-order valence-corrected chi connectivity index (χ3v) is 5.37. The van der Waals surface area contributed by atoms with Crippen LogP contribution in [0.15, 0.2) is 52.4 Å². The second kappa shape index (κ2) is 6.90. The summed E-state index contributed by atoms with van der Waals surface area (Å²) in [5.41, 5.74) is 0.789. The summed E-state index contributed by atoms with van der Waals surface area (Å²) in [5, 5.41) is 3.57. The van der Waals surface area contributed by atoms with E-state index < -0.39 is 0 Å². The summed E-state index contributed by atoms with van der Waals surface area (Å²) >= 11 is 7.81. The van der Waals surface area contributed by atoms with Gasteiger partial charge in [0.15, 0.2) is 10.9 Å². The van der Waals surface area contributed by atoms with Crippen molar-refractivity contribution in [1.29, 1.82) is 0 Å². The molecule has 1 amide bonds. The van der Waals surface area contributed by atoms with E-state index in [4.69, 9.17) is 16.0 Å². The minimum atomic E-state index is -0.0860. The number of hydrogen-bond donors (Lipinski definition) is 0. The lowest BCUT2D eigenvalue weighted by molar-refractivity contribution is 0.0715. The van der Waals surface area contributed by atoms with Crippen molar-refractivity contribution in [2.45, 2.75) is 0 Å². The molecule has 1 aliphatic rings. The number of carbonyl (C=O) groups excluding carboxylic acids is 1. The SMILES string of the molecule is O=C(c1ccc(-c2ccccc2Cl)o1)N1CCN(c2nccs2)CC1. The maximum atomic E-state index is 12.7. The van der Waals surface area contributed by atoms with Gasteiger partial charge in [0.05, 0.1) is 5.02 Å². The van der Waals surface area contributed by atoms with Gasteiger partial charge < -0.3 is 14.2 Å². The van der Waals surface area contributed by atoms with Gasteiger partial charge in [0.2, 0.25) is 0 Å². The smallest absolute Gasteiger partial charge is 0.289 e. The molecule has 3 heterocycles. The number of carbonyl (C=O) groups is 1. The predicted octanol–water partition coefficient (Wildman–Crippen LogP) is 4.02. The molecular formula is C18H16ClN3O2S. The summed E-state index contributed by atoms with van der Waals surface area (Å²) in [6, 6.07) is 10.9. The van der Waals surface area contributed by atoms with Crippen molar-refractivity contribution in [3.8, 4) is 11.3 Å². The second-order valence-corrected chi connectivity index (χ2v) is 7.02. The molecule has 0 atom stereocenters. The molecule has 0 saturated carbocycles. The lowest BCUT2D eigenvalue weighted by Crippen LogP contribution is -2.48. The van der Waals surface area contributed by atoms with E-state index in [0.29, 0.717) is 29.6 Å². The largest absolute Gasteiger partial charge is 0.451 e. The summed E-state index contributed by atoms with van der Waals surface area (Å²) in [7, 11) is 0. The second-order valence-electron chi connectivity index (χ2n) is 5.74. The first kappa shape index (κ1) is 16.2. The summed E-state index contributed by atoms with van der Waals surface area (Å²) in [6.45, 7) is 2.86. The van der Waals surface area contributed by atoms with E-state index in [9.17, 15) is 4.79 Å². The number of piperazine rings is 1. The normalized spacial score (nSPS) is 14.8. The van der Waals surface area contributed by atoms with Crippen LogP contribution in [-0.2, 0) is 0 Å². The zero-order valence-corrected chi connectivity index (χ0v) is 15.0. The number of furan rings is 1. The van der Waals surface area contributed by atoms with Crippen molar-refractivity contribution >= 4 is 34.0 Å². The first-order valence-corrected chi connectivity index (χ1v) is 9.26. The van der Waals surface area contributed by atoms with E-state index in [1.54, 1.807) is 35.7 Å². The number of aromatic nitrogens is 1. The Kier molecular flexibility index (Phi) is 4.46. The van der Waals surface area contributed by atoms with Crippen molar-refractivity contribution in [3.05, 3.63) is 58.8 Å². The van der Waals surface area contributed by atoms with Crippen LogP contribution in [0.5, 0.6) is 0 Å². The van der Waals surface area contributed by atoms with E-state index in [1.807, 2.05) is 28.5 Å². The third-order valence-electron chi connectivity index (χ3n) is 4.21. The molecule has 128 valence electrons. The number of thiazole rings is 1. The number of rotatable bonds is 3. The van der Waals surface area contributed by atoms with Crippen molar-refractivity contribution in [1.82, 2.24) is 9.88 Å². The van der Waals surface area contributed by atoms with E-state index in [-0.39, 0.29) is 5.91 Å². The molecule has 0 bridgehead atoms. The summed E-state index contributed by atoms with van der Waals surface area (Å²) < 4.78 is 5.77. The van der Waals surface area contributed by atoms with Gasteiger partial charge in [0, 0.05) is 43.3 Å². The molecule has 1 aromatic carbocycles. The molecule has 25 heavy (non-hydrogen) atoms. The topological polar surface area (TPSA) is 49.6 Å². The zero-order chi connectivity index (χ0) is 17.2. The average molecular weight is 374 g/mol. The van der Waals surface area contributed by atoms with Gasteiger partial charge in [-0.15, -0.1) is 11.3 Å². The Morgan fingerprint density at radius 3 is 2.64 bits per heavy atom. The Hall–Kier alpha value is -2.31. The number of anilines is 1. The van der Waals surface area contributed by atoms with Gasteiger partial charge in [-0.25, -0.2) is 4.98 Å². The first-order chi connectivity index (χ1) is 12.2. The number of benzene rings is 1. The van der Waals surface area contributed by atoms with Crippen LogP contribution < -0.4 is 4.90 Å². The molecule has 2 aromatic heterocycles. The number of halogens is 1. The Labute approximate surface area is 154 Å². The molecule has 1 fully saturated rings. The summed E-state index contributed by atoms with van der Waals surface area (Å²) in [5.74, 6) is 0.866. The molecule has 7 heteroatoms. The van der Waals surface area contributed by atoms with Crippen LogP contribution in [0.1, 0.15) is 10.6 Å². The predicted molar refractivity (Wildman–Crippen MR) is 99.4 cm³/mol.